The lowest BCUT2D eigenvalue weighted by Crippen LogP contribution is -2.16. The average molecular weight is 300 g/mol. The van der Waals surface area contributed by atoms with Crippen LogP contribution in [-0.4, -0.2) is 39.9 Å². The summed E-state index contributed by atoms with van der Waals surface area (Å²) < 4.78 is 19.6. The fourth-order valence-electron chi connectivity index (χ4n) is 1.67. The Kier molecular flexibility index (Phi) is 14.2. The zero-order valence-electron chi connectivity index (χ0n) is 13.5. The van der Waals surface area contributed by atoms with Crippen molar-refractivity contribution in [2.24, 2.45) is 0 Å². The maximum absolute atomic E-state index is 11.2. The fraction of sp³-hybridized carbons (Fsp3) is 0.812. The van der Waals surface area contributed by atoms with Gasteiger partial charge < -0.3 is 18.9 Å². The molecule has 0 saturated heterocycles. The van der Waals surface area contributed by atoms with E-state index in [9.17, 15) is 4.79 Å². The molecule has 0 rings (SSSR count). The maximum atomic E-state index is 11.2. The van der Waals surface area contributed by atoms with Crippen LogP contribution in [0.3, 0.4) is 0 Å². The van der Waals surface area contributed by atoms with Crippen LogP contribution in [0.4, 0.5) is 4.79 Å². The summed E-state index contributed by atoms with van der Waals surface area (Å²) in [6.07, 6.45) is 5.73. The molecule has 5 heteroatoms. The van der Waals surface area contributed by atoms with Crippen molar-refractivity contribution in [3.8, 4) is 11.8 Å². The molecule has 1 atom stereocenters. The van der Waals surface area contributed by atoms with Crippen molar-refractivity contribution >= 4 is 6.16 Å². The van der Waals surface area contributed by atoms with E-state index in [4.69, 9.17) is 14.2 Å². The lowest BCUT2D eigenvalue weighted by Gasteiger charge is -2.11. The van der Waals surface area contributed by atoms with E-state index in [2.05, 4.69) is 23.5 Å². The number of ether oxygens (including phenoxy) is 4. The molecule has 0 spiro atoms. The standard InChI is InChI=1S/C16H28O5/c1-4-5-6-8-11-15(21-16(17)19-3)12-9-7-10-13-20-14-18-2/h15H,4-8,10-11,13-14H2,1-3H3/t15-/m1/s1. The first-order valence-corrected chi connectivity index (χ1v) is 7.54. The summed E-state index contributed by atoms with van der Waals surface area (Å²) in [5, 5.41) is 0. The molecule has 0 aromatic heterocycles. The Morgan fingerprint density at radius 3 is 2.62 bits per heavy atom. The molecule has 0 amide bonds. The molecule has 0 saturated carbocycles. The Morgan fingerprint density at radius 2 is 1.95 bits per heavy atom. The van der Waals surface area contributed by atoms with Crippen molar-refractivity contribution in [1.29, 1.82) is 0 Å². The first kappa shape index (κ1) is 19.8. The molecule has 0 aromatic carbocycles. The van der Waals surface area contributed by atoms with Crippen LogP contribution >= 0.6 is 0 Å². The van der Waals surface area contributed by atoms with Crippen LogP contribution in [0.2, 0.25) is 0 Å². The van der Waals surface area contributed by atoms with Gasteiger partial charge in [-0.2, -0.15) is 0 Å². The monoisotopic (exact) mass is 300 g/mol. The molecule has 0 aliphatic rings. The van der Waals surface area contributed by atoms with Crippen molar-refractivity contribution < 1.29 is 23.7 Å². The molecule has 0 aromatic rings. The number of unbranched alkanes of at least 4 members (excludes halogenated alkanes) is 4. The third-order valence-electron chi connectivity index (χ3n) is 2.78. The van der Waals surface area contributed by atoms with Crippen molar-refractivity contribution in [1.82, 2.24) is 0 Å². The number of rotatable bonds is 11. The highest BCUT2D eigenvalue weighted by Gasteiger charge is 2.11. The van der Waals surface area contributed by atoms with Gasteiger partial charge in [-0.3, -0.25) is 0 Å². The van der Waals surface area contributed by atoms with Gasteiger partial charge in [-0.15, -0.1) is 0 Å². The van der Waals surface area contributed by atoms with E-state index in [0.29, 0.717) is 19.8 Å². The molecule has 21 heavy (non-hydrogen) atoms. The van der Waals surface area contributed by atoms with Crippen LogP contribution < -0.4 is 0 Å². The lowest BCUT2D eigenvalue weighted by molar-refractivity contribution is -0.0307. The van der Waals surface area contributed by atoms with Crippen LogP contribution in [0.25, 0.3) is 0 Å². The molecule has 0 N–H and O–H groups in total. The Labute approximate surface area is 128 Å². The third-order valence-corrected chi connectivity index (χ3v) is 2.78. The van der Waals surface area contributed by atoms with Gasteiger partial charge >= 0.3 is 6.16 Å². The van der Waals surface area contributed by atoms with Gasteiger partial charge in [0, 0.05) is 13.5 Å². The normalized spacial score (nSPS) is 11.4. The predicted molar refractivity (Wildman–Crippen MR) is 80.9 cm³/mol. The highest BCUT2D eigenvalue weighted by molar-refractivity contribution is 5.60. The number of carbonyl (C=O) groups is 1. The minimum absolute atomic E-state index is 0.304. The summed E-state index contributed by atoms with van der Waals surface area (Å²) in [4.78, 5) is 11.2. The van der Waals surface area contributed by atoms with E-state index in [-0.39, 0.29) is 6.10 Å². The average Bonchev–Trinajstić information content (AvgIpc) is 2.50. The lowest BCUT2D eigenvalue weighted by atomic mass is 10.1. The van der Waals surface area contributed by atoms with Gasteiger partial charge in [0.2, 0.25) is 0 Å². The van der Waals surface area contributed by atoms with Crippen molar-refractivity contribution in [2.75, 3.05) is 27.6 Å². The summed E-state index contributed by atoms with van der Waals surface area (Å²) in [7, 11) is 2.89. The minimum atomic E-state index is -0.673. The zero-order chi connectivity index (χ0) is 15.8. The molecule has 0 aliphatic carbocycles. The number of hydrogen-bond acceptors (Lipinski definition) is 5. The van der Waals surface area contributed by atoms with Crippen LogP contribution in [0.5, 0.6) is 0 Å². The van der Waals surface area contributed by atoms with Gasteiger partial charge in [-0.1, -0.05) is 38.0 Å². The van der Waals surface area contributed by atoms with Crippen LogP contribution in [0.15, 0.2) is 0 Å². The predicted octanol–water partition coefficient (Wildman–Crippen LogP) is 3.51. The van der Waals surface area contributed by atoms with E-state index in [1.165, 1.54) is 20.0 Å². The van der Waals surface area contributed by atoms with Gasteiger partial charge in [-0.25, -0.2) is 4.79 Å². The smallest absolute Gasteiger partial charge is 0.438 e. The van der Waals surface area contributed by atoms with Gasteiger partial charge in [0.05, 0.1) is 13.7 Å². The van der Waals surface area contributed by atoms with E-state index in [1.807, 2.05) is 0 Å². The summed E-state index contributed by atoms with van der Waals surface area (Å²) in [5.41, 5.74) is 0. The van der Waals surface area contributed by atoms with Crippen LogP contribution in [0, 0.1) is 11.8 Å². The first-order chi connectivity index (χ1) is 10.2. The molecule has 0 heterocycles. The van der Waals surface area contributed by atoms with Gasteiger partial charge in [-0.05, 0) is 19.3 Å². The van der Waals surface area contributed by atoms with E-state index >= 15 is 0 Å². The summed E-state index contributed by atoms with van der Waals surface area (Å²) >= 11 is 0. The third kappa shape index (κ3) is 13.5. The highest BCUT2D eigenvalue weighted by Crippen LogP contribution is 2.08. The SMILES string of the molecule is CCCCCC[C@H](C#CCCCOCOC)OC(=O)OC. The molecule has 0 unspecified atom stereocenters. The maximum Gasteiger partial charge on any atom is 0.509 e. The fourth-order valence-corrected chi connectivity index (χ4v) is 1.67. The Morgan fingerprint density at radius 1 is 1.14 bits per heavy atom. The van der Waals surface area contributed by atoms with Crippen LogP contribution in [0.1, 0.15) is 51.9 Å². The molecule has 0 aliphatic heterocycles. The molecule has 0 bridgehead atoms. The van der Waals surface area contributed by atoms with E-state index < -0.39 is 6.16 Å². The topological polar surface area (TPSA) is 54.0 Å². The van der Waals surface area contributed by atoms with Gasteiger partial charge in [0.15, 0.2) is 6.10 Å². The first-order valence-electron chi connectivity index (χ1n) is 7.54. The second kappa shape index (κ2) is 15.1. The van der Waals surface area contributed by atoms with E-state index in [1.54, 1.807) is 7.11 Å². The summed E-state index contributed by atoms with van der Waals surface area (Å²) in [5.74, 6) is 6.02. The van der Waals surface area contributed by atoms with Gasteiger partial charge in [0.25, 0.3) is 0 Å². The van der Waals surface area contributed by atoms with Crippen molar-refractivity contribution in [2.45, 2.75) is 58.0 Å². The van der Waals surface area contributed by atoms with Crippen molar-refractivity contribution in [3.05, 3.63) is 0 Å². The molecule has 122 valence electrons. The summed E-state index contributed by atoms with van der Waals surface area (Å²) in [6, 6.07) is 0. The highest BCUT2D eigenvalue weighted by atomic mass is 16.7. The quantitative estimate of drug-likeness (QED) is 0.253. The number of methoxy groups -OCH3 is 2. The Hall–Kier alpha value is -1.25. The van der Waals surface area contributed by atoms with Gasteiger partial charge in [0.1, 0.15) is 6.79 Å². The number of hydrogen-bond donors (Lipinski definition) is 0. The van der Waals surface area contributed by atoms with E-state index in [0.717, 1.165) is 25.7 Å². The molecular weight excluding hydrogens is 272 g/mol. The minimum Gasteiger partial charge on any atom is -0.438 e. The molecule has 5 nitrogen and oxygen atoms in total. The second-order valence-corrected chi connectivity index (χ2v) is 4.65. The Balaban J connectivity index is 3.99. The zero-order valence-corrected chi connectivity index (χ0v) is 13.5. The molecule has 0 fully saturated rings. The second-order valence-electron chi connectivity index (χ2n) is 4.65. The largest absolute Gasteiger partial charge is 0.509 e. The number of carbonyl (C=O) groups excluding carboxylic acids is 1. The summed E-state index contributed by atoms with van der Waals surface area (Å²) in [6.45, 7) is 3.08. The Bertz CT molecular complexity index is 306. The molecule has 0 radical (unpaired) electrons. The van der Waals surface area contributed by atoms with Crippen molar-refractivity contribution in [3.63, 3.8) is 0 Å². The van der Waals surface area contributed by atoms with Crippen LogP contribution in [-0.2, 0) is 18.9 Å². The molecular formula is C16H28O5.